The average molecular weight is 871 g/mol. The van der Waals surface area contributed by atoms with Gasteiger partial charge < -0.3 is 38.3 Å². The highest BCUT2D eigenvalue weighted by Gasteiger charge is 2.58. The fourth-order valence-electron chi connectivity index (χ4n) is 8.05. The molecule has 0 aliphatic carbocycles. The fraction of sp³-hybridized carbons (Fsp3) is 0.232. The number of carbonyl (C=O) groups excluding carboxylic acids is 1. The van der Waals surface area contributed by atoms with E-state index in [4.69, 9.17) is 33.2 Å². The van der Waals surface area contributed by atoms with Gasteiger partial charge in [-0.15, -0.1) is 0 Å². The molecule has 1 heterocycles. The zero-order valence-electron chi connectivity index (χ0n) is 36.3. The Bertz CT molecular complexity index is 2490. The van der Waals surface area contributed by atoms with Crippen LogP contribution in [0.4, 0.5) is 0 Å². The first kappa shape index (κ1) is 45.1. The zero-order chi connectivity index (χ0) is 44.5. The molecule has 1 N–H and O–H groups in total. The van der Waals surface area contributed by atoms with E-state index in [-0.39, 0.29) is 57.6 Å². The van der Waals surface area contributed by atoms with E-state index in [1.54, 1.807) is 12.1 Å². The Balaban J connectivity index is 1.32. The van der Waals surface area contributed by atoms with E-state index >= 15 is 0 Å². The Kier molecular flexibility index (Phi) is 16.0. The van der Waals surface area contributed by atoms with Crippen LogP contribution in [0.3, 0.4) is 0 Å². The van der Waals surface area contributed by atoms with Crippen LogP contribution in [-0.2, 0) is 68.9 Å². The molecule has 332 valence electrons. The van der Waals surface area contributed by atoms with Gasteiger partial charge in [-0.05, 0) is 39.4 Å². The van der Waals surface area contributed by atoms with Crippen molar-refractivity contribution in [1.29, 1.82) is 0 Å². The minimum Gasteiger partial charge on any atom is -0.488 e. The summed E-state index contributed by atoms with van der Waals surface area (Å²) >= 11 is 0. The molecule has 9 heteroatoms. The van der Waals surface area contributed by atoms with Crippen molar-refractivity contribution in [1.82, 2.24) is 0 Å². The van der Waals surface area contributed by atoms with E-state index < -0.39 is 36.3 Å². The van der Waals surface area contributed by atoms with Gasteiger partial charge in [-0.3, -0.25) is 4.79 Å². The summed E-state index contributed by atoms with van der Waals surface area (Å²) < 4.78 is 48.3. The lowest BCUT2D eigenvalue weighted by Gasteiger charge is -2.51. The number of Topliss-reactive ketones (excluding diaryl/α,β-unsaturated/α-hetero) is 1. The molecule has 4 atom stereocenters. The maximum absolute atomic E-state index is 14.1. The number of aliphatic hydroxyl groups is 1. The van der Waals surface area contributed by atoms with Crippen molar-refractivity contribution in [3.05, 3.63) is 239 Å². The van der Waals surface area contributed by atoms with Crippen LogP contribution in [0, 0.1) is 0 Å². The summed E-state index contributed by atoms with van der Waals surface area (Å²) in [6.07, 6.45) is -2.48. The molecule has 0 radical (unpaired) electrons. The molecule has 0 aromatic heterocycles. The molecule has 1 fully saturated rings. The second kappa shape index (κ2) is 23.0. The largest absolute Gasteiger partial charge is 0.488 e. The monoisotopic (exact) mass is 870 g/mol. The normalized spacial score (nSPS) is 18.2. The quantitative estimate of drug-likeness (QED) is 0.0667. The number of benzene rings is 7. The lowest BCUT2D eigenvalue weighted by atomic mass is 9.77. The highest BCUT2D eigenvalue weighted by atomic mass is 16.6. The summed E-state index contributed by atoms with van der Waals surface area (Å²) in [6.45, 7) is 0.661. The van der Waals surface area contributed by atoms with Crippen LogP contribution >= 0.6 is 0 Å². The molecule has 0 bridgehead atoms. The smallest absolute Gasteiger partial charge is 0.191 e. The van der Waals surface area contributed by atoms with Gasteiger partial charge >= 0.3 is 0 Å². The van der Waals surface area contributed by atoms with Gasteiger partial charge in [-0.2, -0.15) is 0 Å². The number of aliphatic hydroxyl groups excluding tert-OH is 1. The van der Waals surface area contributed by atoms with Gasteiger partial charge in [-0.25, -0.2) is 0 Å². The van der Waals surface area contributed by atoms with Crippen LogP contribution in [0.5, 0.6) is 11.5 Å². The first-order valence-corrected chi connectivity index (χ1v) is 22.0. The Labute approximate surface area is 381 Å². The van der Waals surface area contributed by atoms with Gasteiger partial charge in [0.1, 0.15) is 49.6 Å². The standard InChI is InChI=1S/C56H54O9/c57-33-50(58)48-31-49(52(61-36-44-23-11-3-12-24-44)32-51(48)60-35-43-21-9-2-10-22-43)56(65-39-47-29-17-6-18-30-47)54(63-37-45-25-13-4-14-26-45)41-62-53(40-59-34-42-19-7-1-8-20-42)55(56)64-38-46-27-15-5-16-28-46/h1-32,53-55,57H,33-41H2/t53-,54+,55-,56+/m1/s1. The van der Waals surface area contributed by atoms with E-state index in [1.807, 2.05) is 182 Å². The lowest BCUT2D eigenvalue weighted by Crippen LogP contribution is -2.64. The van der Waals surface area contributed by atoms with Crippen LogP contribution in [-0.4, -0.2) is 49.0 Å². The van der Waals surface area contributed by atoms with Crippen molar-refractivity contribution in [3.63, 3.8) is 0 Å². The van der Waals surface area contributed by atoms with Gasteiger partial charge in [0.15, 0.2) is 11.4 Å². The summed E-state index contributed by atoms with van der Waals surface area (Å²) in [6, 6.07) is 62.7. The molecule has 0 amide bonds. The van der Waals surface area contributed by atoms with Crippen molar-refractivity contribution in [2.75, 3.05) is 19.8 Å². The minimum atomic E-state index is -1.55. The van der Waals surface area contributed by atoms with Crippen molar-refractivity contribution in [2.24, 2.45) is 0 Å². The number of hydrogen-bond acceptors (Lipinski definition) is 9. The van der Waals surface area contributed by atoms with Crippen LogP contribution in [0.25, 0.3) is 0 Å². The summed E-state index contributed by atoms with van der Waals surface area (Å²) in [4.78, 5) is 14.1. The van der Waals surface area contributed by atoms with Crippen molar-refractivity contribution >= 4 is 5.78 Å². The van der Waals surface area contributed by atoms with Gasteiger partial charge in [0.2, 0.25) is 0 Å². The number of carbonyl (C=O) groups is 1. The highest BCUT2D eigenvalue weighted by Crippen LogP contribution is 2.49. The van der Waals surface area contributed by atoms with Crippen molar-refractivity contribution < 1.29 is 43.1 Å². The Morgan fingerprint density at radius 1 is 0.523 bits per heavy atom. The maximum atomic E-state index is 14.1. The molecule has 1 aliphatic rings. The summed E-state index contributed by atoms with van der Waals surface area (Å²) in [5, 5.41) is 10.5. The second-order valence-corrected chi connectivity index (χ2v) is 15.9. The van der Waals surface area contributed by atoms with Gasteiger partial charge in [0.05, 0.1) is 45.2 Å². The van der Waals surface area contributed by atoms with Crippen LogP contribution in [0.2, 0.25) is 0 Å². The molecule has 0 spiro atoms. The maximum Gasteiger partial charge on any atom is 0.191 e. The number of ketones is 1. The van der Waals surface area contributed by atoms with Crippen LogP contribution < -0.4 is 9.47 Å². The third-order valence-electron chi connectivity index (χ3n) is 11.4. The van der Waals surface area contributed by atoms with E-state index in [1.165, 1.54) is 0 Å². The molecule has 1 aliphatic heterocycles. The van der Waals surface area contributed by atoms with Gasteiger partial charge in [0.25, 0.3) is 0 Å². The van der Waals surface area contributed by atoms with E-state index in [0.717, 1.165) is 33.4 Å². The molecule has 0 unspecified atom stereocenters. The second-order valence-electron chi connectivity index (χ2n) is 15.9. The van der Waals surface area contributed by atoms with Crippen LogP contribution in [0.15, 0.2) is 194 Å². The predicted octanol–water partition coefficient (Wildman–Crippen LogP) is 10.2. The Morgan fingerprint density at radius 3 is 1.45 bits per heavy atom. The number of hydrogen-bond donors (Lipinski definition) is 1. The molecule has 9 nitrogen and oxygen atoms in total. The van der Waals surface area contributed by atoms with E-state index in [2.05, 4.69) is 0 Å². The third kappa shape index (κ3) is 11.8. The molecular weight excluding hydrogens is 817 g/mol. The van der Waals surface area contributed by atoms with E-state index in [0.29, 0.717) is 17.9 Å². The highest BCUT2D eigenvalue weighted by molar-refractivity contribution is 6.00. The molecule has 1 saturated heterocycles. The number of ether oxygens (including phenoxy) is 7. The third-order valence-corrected chi connectivity index (χ3v) is 11.4. The summed E-state index contributed by atoms with van der Waals surface area (Å²) in [5.74, 6) is 0.0867. The lowest BCUT2D eigenvalue weighted by molar-refractivity contribution is -0.302. The SMILES string of the molecule is O=C(CO)c1cc([C@]2(OCc3ccccc3)[C@@H](OCc3ccccc3)CO[C@H](COCc3ccccc3)[C@H]2OCc2ccccc2)c(OCc2ccccc2)cc1OCc1ccccc1. The van der Waals surface area contributed by atoms with E-state index in [9.17, 15) is 9.90 Å². The molecule has 7 aromatic carbocycles. The Hall–Kier alpha value is -6.43. The zero-order valence-corrected chi connectivity index (χ0v) is 36.3. The number of rotatable bonds is 22. The molecular formula is C56H54O9. The Morgan fingerprint density at radius 2 is 0.954 bits per heavy atom. The van der Waals surface area contributed by atoms with Gasteiger partial charge in [-0.1, -0.05) is 182 Å². The fourth-order valence-corrected chi connectivity index (χ4v) is 8.05. The predicted molar refractivity (Wildman–Crippen MR) is 248 cm³/mol. The average Bonchev–Trinajstić information content (AvgIpc) is 3.37. The van der Waals surface area contributed by atoms with Crippen molar-refractivity contribution in [3.8, 4) is 11.5 Å². The molecule has 0 saturated carbocycles. The molecule has 65 heavy (non-hydrogen) atoms. The first-order valence-electron chi connectivity index (χ1n) is 22.0. The van der Waals surface area contributed by atoms with Crippen LogP contribution in [0.1, 0.15) is 49.3 Å². The summed E-state index contributed by atoms with van der Waals surface area (Å²) in [7, 11) is 0. The topological polar surface area (TPSA) is 102 Å². The first-order chi connectivity index (χ1) is 32.1. The minimum absolute atomic E-state index is 0.0693. The molecule has 8 rings (SSSR count). The summed E-state index contributed by atoms with van der Waals surface area (Å²) in [5.41, 5.74) is 4.69. The van der Waals surface area contributed by atoms with Crippen molar-refractivity contribution in [2.45, 2.75) is 63.6 Å². The molecule has 7 aromatic rings. The van der Waals surface area contributed by atoms with Gasteiger partial charge in [0, 0.05) is 11.6 Å².